The van der Waals surface area contributed by atoms with Gasteiger partial charge in [0.1, 0.15) is 6.61 Å². The smallest absolute Gasteiger partial charge is 0.410 e. The van der Waals surface area contributed by atoms with Gasteiger partial charge in [-0.2, -0.15) is 0 Å². The third-order valence-electron chi connectivity index (χ3n) is 6.42. The Morgan fingerprint density at radius 3 is 2.34 bits per heavy atom. The Labute approximate surface area is 173 Å². The van der Waals surface area contributed by atoms with Gasteiger partial charge in [-0.05, 0) is 50.1 Å². The zero-order chi connectivity index (χ0) is 20.1. The Balaban J connectivity index is 1.16. The molecule has 3 fully saturated rings. The van der Waals surface area contributed by atoms with Crippen LogP contribution in [0.4, 0.5) is 4.79 Å². The van der Waals surface area contributed by atoms with Crippen molar-refractivity contribution < 1.29 is 14.3 Å². The molecule has 0 radical (unpaired) electrons. The number of benzene rings is 1. The van der Waals surface area contributed by atoms with Crippen molar-refractivity contribution in [2.45, 2.75) is 38.7 Å². The van der Waals surface area contributed by atoms with E-state index in [9.17, 15) is 9.59 Å². The standard InChI is InChI=1S/C23H33N3O3/c27-22(21-7-8-21)25-12-4-11-24(15-16-25)17-19-9-13-26(14-10-19)23(28)29-18-20-5-2-1-3-6-20/h1-3,5-6,19,21H,4,7-18H2. The molecule has 0 N–H and O–H groups in total. The van der Waals surface area contributed by atoms with Crippen molar-refractivity contribution in [2.75, 3.05) is 45.8 Å². The lowest BCUT2D eigenvalue weighted by molar-refractivity contribution is -0.132. The minimum absolute atomic E-state index is 0.198. The third-order valence-corrected chi connectivity index (χ3v) is 6.42. The maximum Gasteiger partial charge on any atom is 0.410 e. The predicted molar refractivity (Wildman–Crippen MR) is 111 cm³/mol. The van der Waals surface area contributed by atoms with Crippen LogP contribution in [0.1, 0.15) is 37.7 Å². The van der Waals surface area contributed by atoms with Gasteiger partial charge in [-0.1, -0.05) is 30.3 Å². The van der Waals surface area contributed by atoms with Gasteiger partial charge < -0.3 is 19.4 Å². The highest BCUT2D eigenvalue weighted by atomic mass is 16.6. The summed E-state index contributed by atoms with van der Waals surface area (Å²) < 4.78 is 5.47. The molecule has 1 aromatic carbocycles. The Morgan fingerprint density at radius 1 is 0.862 bits per heavy atom. The van der Waals surface area contributed by atoms with E-state index in [1.807, 2.05) is 35.2 Å². The third kappa shape index (κ3) is 5.72. The van der Waals surface area contributed by atoms with Crippen LogP contribution in [0, 0.1) is 11.8 Å². The average Bonchev–Trinajstić information content (AvgIpc) is 3.61. The number of hydrogen-bond donors (Lipinski definition) is 0. The summed E-state index contributed by atoms with van der Waals surface area (Å²) in [4.78, 5) is 31.1. The van der Waals surface area contributed by atoms with Crippen LogP contribution in [-0.2, 0) is 16.1 Å². The lowest BCUT2D eigenvalue weighted by Gasteiger charge is -2.34. The lowest BCUT2D eigenvalue weighted by atomic mass is 9.96. The molecule has 2 saturated heterocycles. The molecule has 29 heavy (non-hydrogen) atoms. The van der Waals surface area contributed by atoms with E-state index in [1.165, 1.54) is 0 Å². The van der Waals surface area contributed by atoms with Crippen molar-refractivity contribution in [3.63, 3.8) is 0 Å². The maximum atomic E-state index is 12.3. The van der Waals surface area contributed by atoms with E-state index in [-0.39, 0.29) is 6.09 Å². The molecule has 0 spiro atoms. The summed E-state index contributed by atoms with van der Waals surface area (Å²) in [6.07, 6.45) is 5.11. The first-order chi connectivity index (χ1) is 14.2. The number of nitrogens with zero attached hydrogens (tertiary/aromatic N) is 3. The van der Waals surface area contributed by atoms with Gasteiger partial charge in [0.25, 0.3) is 0 Å². The van der Waals surface area contributed by atoms with Gasteiger partial charge in [0.15, 0.2) is 0 Å². The molecule has 3 aliphatic rings. The van der Waals surface area contributed by atoms with Crippen molar-refractivity contribution in [3.05, 3.63) is 35.9 Å². The van der Waals surface area contributed by atoms with Crippen molar-refractivity contribution in [1.82, 2.24) is 14.7 Å². The molecule has 0 unspecified atom stereocenters. The molecule has 1 saturated carbocycles. The SMILES string of the molecule is O=C(OCc1ccccc1)N1CCC(CN2CCCN(C(=O)C3CC3)CC2)CC1. The van der Waals surface area contributed by atoms with E-state index in [2.05, 4.69) is 9.80 Å². The zero-order valence-corrected chi connectivity index (χ0v) is 17.3. The molecule has 2 heterocycles. The summed E-state index contributed by atoms with van der Waals surface area (Å²) in [6, 6.07) is 9.82. The molecule has 1 aliphatic carbocycles. The Bertz CT molecular complexity index is 684. The van der Waals surface area contributed by atoms with E-state index in [0.717, 1.165) is 83.5 Å². The number of likely N-dealkylation sites (tertiary alicyclic amines) is 1. The Morgan fingerprint density at radius 2 is 1.62 bits per heavy atom. The van der Waals surface area contributed by atoms with Crippen molar-refractivity contribution in [2.24, 2.45) is 11.8 Å². The normalized spacial score (nSPS) is 21.7. The molecule has 0 aromatic heterocycles. The number of carbonyl (C=O) groups excluding carboxylic acids is 2. The first-order valence-corrected chi connectivity index (χ1v) is 11.2. The maximum absolute atomic E-state index is 12.3. The molecular weight excluding hydrogens is 366 g/mol. The fourth-order valence-electron chi connectivity index (χ4n) is 4.44. The molecule has 4 rings (SSSR count). The second-order valence-electron chi connectivity index (χ2n) is 8.72. The highest BCUT2D eigenvalue weighted by molar-refractivity contribution is 5.81. The summed E-state index contributed by atoms with van der Waals surface area (Å²) in [5, 5.41) is 0. The summed E-state index contributed by atoms with van der Waals surface area (Å²) in [7, 11) is 0. The van der Waals surface area contributed by atoms with Crippen LogP contribution in [0.3, 0.4) is 0 Å². The highest BCUT2D eigenvalue weighted by Gasteiger charge is 2.34. The average molecular weight is 400 g/mol. The van der Waals surface area contributed by atoms with Crippen LogP contribution < -0.4 is 0 Å². The van der Waals surface area contributed by atoms with Crippen molar-refractivity contribution in [3.8, 4) is 0 Å². The van der Waals surface area contributed by atoms with Crippen LogP contribution in [0.2, 0.25) is 0 Å². The zero-order valence-electron chi connectivity index (χ0n) is 17.3. The van der Waals surface area contributed by atoms with E-state index in [1.54, 1.807) is 0 Å². The highest BCUT2D eigenvalue weighted by Crippen LogP contribution is 2.31. The monoisotopic (exact) mass is 399 g/mol. The molecule has 0 bridgehead atoms. The second kappa shape index (κ2) is 9.61. The minimum atomic E-state index is -0.198. The molecule has 6 heteroatoms. The molecule has 158 valence electrons. The summed E-state index contributed by atoms with van der Waals surface area (Å²) in [5.74, 6) is 1.33. The predicted octanol–water partition coefficient (Wildman–Crippen LogP) is 2.98. The number of hydrogen-bond acceptors (Lipinski definition) is 4. The number of ether oxygens (including phenoxy) is 1. The Hall–Kier alpha value is -2.08. The van der Waals surface area contributed by atoms with Gasteiger partial charge in [-0.3, -0.25) is 4.79 Å². The molecule has 2 aliphatic heterocycles. The van der Waals surface area contributed by atoms with Crippen molar-refractivity contribution >= 4 is 12.0 Å². The molecular formula is C23H33N3O3. The first kappa shape index (κ1) is 20.2. The van der Waals surface area contributed by atoms with E-state index >= 15 is 0 Å². The molecule has 1 aromatic rings. The van der Waals surface area contributed by atoms with Gasteiger partial charge in [-0.25, -0.2) is 4.79 Å². The van der Waals surface area contributed by atoms with Crippen LogP contribution in [0.5, 0.6) is 0 Å². The fraction of sp³-hybridized carbons (Fsp3) is 0.652. The number of piperidine rings is 1. The summed E-state index contributed by atoms with van der Waals surface area (Å²) in [5.41, 5.74) is 1.02. The van der Waals surface area contributed by atoms with Crippen LogP contribution in [0.25, 0.3) is 0 Å². The lowest BCUT2D eigenvalue weighted by Crippen LogP contribution is -2.42. The van der Waals surface area contributed by atoms with Gasteiger partial charge >= 0.3 is 6.09 Å². The van der Waals surface area contributed by atoms with Crippen molar-refractivity contribution in [1.29, 1.82) is 0 Å². The number of carbonyl (C=O) groups is 2. The first-order valence-electron chi connectivity index (χ1n) is 11.2. The van der Waals surface area contributed by atoms with Gasteiger partial charge in [0.05, 0.1) is 0 Å². The Kier molecular flexibility index (Phi) is 6.70. The molecule has 0 atom stereocenters. The minimum Gasteiger partial charge on any atom is -0.445 e. The molecule has 2 amide bonds. The van der Waals surface area contributed by atoms with E-state index in [0.29, 0.717) is 24.3 Å². The van der Waals surface area contributed by atoms with E-state index in [4.69, 9.17) is 4.74 Å². The van der Waals surface area contributed by atoms with Crippen LogP contribution in [0.15, 0.2) is 30.3 Å². The largest absolute Gasteiger partial charge is 0.445 e. The summed E-state index contributed by atoms with van der Waals surface area (Å²) >= 11 is 0. The van der Waals surface area contributed by atoms with Gasteiger partial charge in [0, 0.05) is 45.2 Å². The van der Waals surface area contributed by atoms with Gasteiger partial charge in [-0.15, -0.1) is 0 Å². The quantitative estimate of drug-likeness (QED) is 0.764. The fourth-order valence-corrected chi connectivity index (χ4v) is 4.44. The van der Waals surface area contributed by atoms with E-state index < -0.39 is 0 Å². The number of rotatable bonds is 5. The summed E-state index contributed by atoms with van der Waals surface area (Å²) in [6.45, 7) is 6.82. The topological polar surface area (TPSA) is 53.1 Å². The molecule has 6 nitrogen and oxygen atoms in total. The second-order valence-corrected chi connectivity index (χ2v) is 8.72. The van der Waals surface area contributed by atoms with Crippen LogP contribution in [-0.4, -0.2) is 72.5 Å². The number of amides is 2. The van der Waals surface area contributed by atoms with Crippen LogP contribution >= 0.6 is 0 Å². The van der Waals surface area contributed by atoms with Gasteiger partial charge in [0.2, 0.25) is 5.91 Å².